The van der Waals surface area contributed by atoms with Crippen LogP contribution in [0.4, 0.5) is 0 Å². The molecule has 4 saturated carbocycles. The fourth-order valence-corrected chi connectivity index (χ4v) is 14.9. The Morgan fingerprint density at radius 1 is 0.732 bits per heavy atom. The highest BCUT2D eigenvalue weighted by molar-refractivity contribution is 7.79. The van der Waals surface area contributed by atoms with Crippen molar-refractivity contribution in [2.24, 2.45) is 52.3 Å². The first-order chi connectivity index (χ1) is 19.7. The van der Waals surface area contributed by atoms with Gasteiger partial charge in [0, 0.05) is 16.3 Å². The average molecular weight is 573 g/mol. The number of hydrogen-bond donors (Lipinski definition) is 0. The maximum absolute atomic E-state index is 15.2. The van der Waals surface area contributed by atoms with Crippen molar-refractivity contribution in [2.75, 3.05) is 0 Å². The van der Waals surface area contributed by atoms with Crippen LogP contribution in [0.15, 0.2) is 60.7 Å². The Morgan fingerprint density at radius 3 is 1.98 bits per heavy atom. The Morgan fingerprint density at radius 2 is 1.34 bits per heavy atom. The lowest BCUT2D eigenvalue weighted by atomic mass is 9.44. The Balaban J connectivity index is 1.20. The van der Waals surface area contributed by atoms with Crippen molar-refractivity contribution in [3.63, 3.8) is 0 Å². The molecule has 0 saturated heterocycles. The maximum Gasteiger partial charge on any atom is 0.146 e. The summed E-state index contributed by atoms with van der Waals surface area (Å²) in [4.78, 5) is 0. The first-order valence-corrected chi connectivity index (χ1v) is 19.2. The molecule has 224 valence electrons. The van der Waals surface area contributed by atoms with Gasteiger partial charge in [-0.05, 0) is 110 Å². The molecule has 41 heavy (non-hydrogen) atoms. The van der Waals surface area contributed by atoms with Crippen LogP contribution in [0.1, 0.15) is 112 Å². The van der Waals surface area contributed by atoms with Crippen LogP contribution in [-0.4, -0.2) is 5.66 Å². The molecular weight excluding hydrogens is 515 g/mol. The van der Waals surface area contributed by atoms with Crippen molar-refractivity contribution in [1.82, 2.24) is 0 Å². The molecule has 0 spiro atoms. The molecule has 0 unspecified atom stereocenters. The van der Waals surface area contributed by atoms with Crippen LogP contribution in [0, 0.1) is 52.3 Å². The number of rotatable bonds is 8. The van der Waals surface area contributed by atoms with Crippen molar-refractivity contribution in [3.8, 4) is 0 Å². The van der Waals surface area contributed by atoms with Gasteiger partial charge in [-0.2, -0.15) is 0 Å². The van der Waals surface area contributed by atoms with Crippen molar-refractivity contribution < 1.29 is 4.57 Å². The maximum atomic E-state index is 15.2. The van der Waals surface area contributed by atoms with Crippen molar-refractivity contribution in [2.45, 2.75) is 117 Å². The smallest absolute Gasteiger partial charge is 0.146 e. The molecule has 2 aromatic rings. The molecule has 0 heterocycles. The van der Waals surface area contributed by atoms with Gasteiger partial charge in [-0.3, -0.25) is 0 Å². The predicted octanol–water partition coefficient (Wildman–Crippen LogP) is 10.5. The molecule has 0 aromatic heterocycles. The highest BCUT2D eigenvalue weighted by Crippen LogP contribution is 2.70. The molecule has 0 radical (unpaired) electrons. The first-order valence-electron chi connectivity index (χ1n) is 17.4. The van der Waals surface area contributed by atoms with Crippen molar-refractivity contribution >= 4 is 17.8 Å². The minimum absolute atomic E-state index is 0.276. The fraction of sp³-hybridized carbons (Fsp3) is 0.692. The van der Waals surface area contributed by atoms with Gasteiger partial charge in [0.25, 0.3) is 0 Å². The number of hydrogen-bond acceptors (Lipinski definition) is 1. The van der Waals surface area contributed by atoms with Gasteiger partial charge in [0.2, 0.25) is 0 Å². The molecule has 4 fully saturated rings. The second kappa shape index (κ2) is 11.6. The summed E-state index contributed by atoms with van der Waals surface area (Å²) < 4.78 is 15.2. The van der Waals surface area contributed by atoms with E-state index in [1.165, 1.54) is 64.2 Å². The third-order valence-corrected chi connectivity index (χ3v) is 17.3. The lowest BCUT2D eigenvalue weighted by Gasteiger charge is -2.61. The van der Waals surface area contributed by atoms with Crippen LogP contribution >= 0.6 is 7.14 Å². The second-order valence-electron chi connectivity index (χ2n) is 15.9. The summed E-state index contributed by atoms with van der Waals surface area (Å²) in [6, 6.07) is 21.0. The minimum Gasteiger partial charge on any atom is -0.313 e. The lowest BCUT2D eigenvalue weighted by Crippen LogP contribution is -2.54. The van der Waals surface area contributed by atoms with Gasteiger partial charge in [0.15, 0.2) is 0 Å². The van der Waals surface area contributed by atoms with E-state index in [1.54, 1.807) is 0 Å². The van der Waals surface area contributed by atoms with E-state index >= 15 is 4.57 Å². The summed E-state index contributed by atoms with van der Waals surface area (Å²) in [6.07, 6.45) is 16.4. The normalized spacial score (nSPS) is 37.7. The predicted molar refractivity (Wildman–Crippen MR) is 177 cm³/mol. The fourth-order valence-electron chi connectivity index (χ4n) is 11.5. The average Bonchev–Trinajstić information content (AvgIpc) is 3.34. The molecule has 2 heteroatoms. The van der Waals surface area contributed by atoms with Gasteiger partial charge >= 0.3 is 0 Å². The third-order valence-electron chi connectivity index (χ3n) is 13.6. The molecule has 1 nitrogen and oxygen atoms in total. The van der Waals surface area contributed by atoms with E-state index in [1.807, 2.05) is 0 Å². The van der Waals surface area contributed by atoms with Gasteiger partial charge in [-0.1, -0.05) is 115 Å². The summed E-state index contributed by atoms with van der Waals surface area (Å²) in [5.74, 6) is 6.12. The molecule has 9 atom stereocenters. The highest BCUT2D eigenvalue weighted by Gasteiger charge is 2.61. The van der Waals surface area contributed by atoms with E-state index in [9.17, 15) is 0 Å². The lowest BCUT2D eigenvalue weighted by molar-refractivity contribution is -0.113. The SMILES string of the molecule is CC(C)CCC[C@H](C)[C@H]1CC[C@H]2[C@@H]3CC[C@H]4C[C@@H](P(=O)(c5ccccc5)c5ccccc5)CC[C@]4(C)[C@H]3CC[C@]12C. The van der Waals surface area contributed by atoms with Gasteiger partial charge in [-0.15, -0.1) is 0 Å². The summed E-state index contributed by atoms with van der Waals surface area (Å²) in [5, 5.41) is 2.14. The minimum atomic E-state index is -2.69. The van der Waals surface area contributed by atoms with Crippen LogP contribution in [-0.2, 0) is 4.57 Å². The number of benzene rings is 2. The first kappa shape index (κ1) is 29.7. The summed E-state index contributed by atoms with van der Waals surface area (Å²) in [7, 11) is -2.69. The van der Waals surface area contributed by atoms with Crippen LogP contribution in [0.2, 0.25) is 0 Å². The van der Waals surface area contributed by atoms with E-state index < -0.39 is 7.14 Å². The van der Waals surface area contributed by atoms with Crippen molar-refractivity contribution in [1.29, 1.82) is 0 Å². The zero-order chi connectivity index (χ0) is 28.8. The monoisotopic (exact) mass is 572 g/mol. The van der Waals surface area contributed by atoms with Gasteiger partial charge in [0.05, 0.1) is 0 Å². The molecule has 0 bridgehead atoms. The Kier molecular flexibility index (Phi) is 8.44. The molecular formula is C39H57OP. The molecule has 4 aliphatic rings. The van der Waals surface area contributed by atoms with E-state index in [4.69, 9.17) is 0 Å². The molecule has 0 amide bonds. The van der Waals surface area contributed by atoms with Crippen molar-refractivity contribution in [3.05, 3.63) is 60.7 Å². The molecule has 2 aromatic carbocycles. The van der Waals surface area contributed by atoms with E-state index in [-0.39, 0.29) is 5.66 Å². The molecule has 4 aliphatic carbocycles. The van der Waals surface area contributed by atoms with E-state index in [0.717, 1.165) is 64.9 Å². The zero-order valence-corrected chi connectivity index (χ0v) is 27.6. The molecule has 6 rings (SSSR count). The second-order valence-corrected chi connectivity index (χ2v) is 19.0. The van der Waals surface area contributed by atoms with E-state index in [2.05, 4.69) is 95.3 Å². The topological polar surface area (TPSA) is 17.1 Å². The van der Waals surface area contributed by atoms with Gasteiger partial charge < -0.3 is 4.57 Å². The van der Waals surface area contributed by atoms with Gasteiger partial charge in [-0.25, -0.2) is 0 Å². The third kappa shape index (κ3) is 5.13. The Bertz CT molecular complexity index is 1160. The molecule has 0 aliphatic heterocycles. The zero-order valence-electron chi connectivity index (χ0n) is 26.7. The Hall–Kier alpha value is -1.33. The van der Waals surface area contributed by atoms with Crippen LogP contribution in [0.5, 0.6) is 0 Å². The van der Waals surface area contributed by atoms with Crippen LogP contribution in [0.25, 0.3) is 0 Å². The van der Waals surface area contributed by atoms with Crippen LogP contribution < -0.4 is 10.6 Å². The number of fused-ring (bicyclic) bond motifs is 5. The van der Waals surface area contributed by atoms with E-state index in [0.29, 0.717) is 10.8 Å². The summed E-state index contributed by atoms with van der Waals surface area (Å²) in [5.41, 5.74) is 1.27. The van der Waals surface area contributed by atoms with Crippen LogP contribution in [0.3, 0.4) is 0 Å². The summed E-state index contributed by atoms with van der Waals surface area (Å²) >= 11 is 0. The molecule has 0 N–H and O–H groups in total. The quantitative estimate of drug-likeness (QED) is 0.288. The summed E-state index contributed by atoms with van der Waals surface area (Å²) in [6.45, 7) is 12.8. The highest BCUT2D eigenvalue weighted by atomic mass is 31.2. The standard InChI is InChI=1S/C39H57OP/c1-28(2)13-12-14-29(3)35-21-22-36-34-20-19-30-27-33(23-25-38(30,4)37(34)24-26-39(35,36)5)41(40,31-15-8-6-9-16-31)32-17-10-7-11-18-32/h6-11,15-18,28-30,33-37H,12-14,19-27H2,1-5H3/t29-,30-,33-,34-,35+,36-,37-,38-,39+/m0/s1. The Labute approximate surface area is 252 Å². The largest absolute Gasteiger partial charge is 0.313 e. The van der Waals surface area contributed by atoms with Gasteiger partial charge in [0.1, 0.15) is 7.14 Å².